The fraction of sp³-hybridized carbons (Fsp3) is 0.250. The van der Waals surface area contributed by atoms with Gasteiger partial charge in [0.1, 0.15) is 6.61 Å². The van der Waals surface area contributed by atoms with Gasteiger partial charge in [-0.15, -0.1) is 0 Å². The number of rotatable bonds is 4. The Morgan fingerprint density at radius 2 is 2.33 bits per heavy atom. The largest absolute Gasteiger partial charge is 0.384 e. The summed E-state index contributed by atoms with van der Waals surface area (Å²) in [6.45, 7) is 2.86. The molecular weight excluding hydrogens is 266 g/mol. The number of nitrogens with one attached hydrogen (secondary N) is 1. The smallest absolute Gasteiger partial charge is 0.251 e. The van der Waals surface area contributed by atoms with Crippen LogP contribution in [0.25, 0.3) is 0 Å². The molecular formula is C16H17N3O2. The Kier molecular flexibility index (Phi) is 5.13. The average Bonchev–Trinajstić information content (AvgIpc) is 2.99. The Morgan fingerprint density at radius 3 is 3.05 bits per heavy atom. The van der Waals surface area contributed by atoms with Crippen LogP contribution in [0.2, 0.25) is 0 Å². The number of aliphatic hydroxyl groups is 1. The minimum Gasteiger partial charge on any atom is -0.384 e. The molecule has 2 N–H and O–H groups in total. The van der Waals surface area contributed by atoms with Crippen LogP contribution in [0.1, 0.15) is 21.5 Å². The molecule has 2 aromatic rings. The first-order valence-corrected chi connectivity index (χ1v) is 6.65. The summed E-state index contributed by atoms with van der Waals surface area (Å²) in [5, 5.41) is 11.6. The second kappa shape index (κ2) is 7.27. The third-order valence-corrected chi connectivity index (χ3v) is 3.10. The second-order valence-electron chi connectivity index (χ2n) is 4.49. The molecule has 0 saturated heterocycles. The lowest BCUT2D eigenvalue weighted by atomic mass is 10.0. The monoisotopic (exact) mass is 283 g/mol. The van der Waals surface area contributed by atoms with Crippen molar-refractivity contribution >= 4 is 5.91 Å². The molecule has 0 spiro atoms. The third kappa shape index (κ3) is 3.94. The molecule has 0 fully saturated rings. The quantitative estimate of drug-likeness (QED) is 0.822. The Bertz CT molecular complexity index is 667. The number of benzene rings is 1. The summed E-state index contributed by atoms with van der Waals surface area (Å²) in [6.07, 6.45) is 5.26. The summed E-state index contributed by atoms with van der Waals surface area (Å²) in [5.74, 6) is 5.32. The van der Waals surface area contributed by atoms with Crippen molar-refractivity contribution in [3.8, 4) is 11.8 Å². The van der Waals surface area contributed by atoms with Crippen LogP contribution < -0.4 is 5.32 Å². The lowest BCUT2D eigenvalue weighted by molar-refractivity contribution is 0.0951. The molecule has 0 aliphatic heterocycles. The maximum Gasteiger partial charge on any atom is 0.251 e. The molecule has 1 heterocycles. The van der Waals surface area contributed by atoms with Crippen LogP contribution in [0.3, 0.4) is 0 Å². The van der Waals surface area contributed by atoms with Crippen molar-refractivity contribution in [1.29, 1.82) is 0 Å². The normalized spacial score (nSPS) is 9.81. The summed E-state index contributed by atoms with van der Waals surface area (Å²) >= 11 is 0. The van der Waals surface area contributed by atoms with E-state index >= 15 is 0 Å². The topological polar surface area (TPSA) is 67.2 Å². The molecule has 2 rings (SSSR count). The van der Waals surface area contributed by atoms with E-state index in [1.165, 1.54) is 0 Å². The minimum atomic E-state index is -0.194. The van der Waals surface area contributed by atoms with E-state index in [0.717, 1.165) is 11.1 Å². The maximum atomic E-state index is 12.2. The average molecular weight is 283 g/mol. The molecule has 0 bridgehead atoms. The van der Waals surface area contributed by atoms with E-state index in [1.807, 2.05) is 23.8 Å². The van der Waals surface area contributed by atoms with Crippen LogP contribution >= 0.6 is 0 Å². The molecule has 1 aromatic heterocycles. The summed E-state index contributed by atoms with van der Waals surface area (Å²) in [5.41, 5.74) is 2.18. The highest BCUT2D eigenvalue weighted by Crippen LogP contribution is 2.12. The predicted octanol–water partition coefficient (Wildman–Crippen LogP) is 0.965. The lowest BCUT2D eigenvalue weighted by Gasteiger charge is -2.09. The van der Waals surface area contributed by atoms with Crippen LogP contribution in [-0.2, 0) is 6.54 Å². The standard InChI is InChI=1S/C16H17N3O2/c1-13-14(5-3-11-20)4-2-6-15(13)16(21)18-8-10-19-9-7-17-12-19/h2,4,6-7,9,12,20H,8,10-11H2,1H3,(H,18,21). The zero-order valence-corrected chi connectivity index (χ0v) is 11.8. The van der Waals surface area contributed by atoms with Gasteiger partial charge in [0.25, 0.3) is 5.91 Å². The number of amides is 1. The fourth-order valence-corrected chi connectivity index (χ4v) is 1.96. The van der Waals surface area contributed by atoms with Gasteiger partial charge in [-0.3, -0.25) is 4.79 Å². The van der Waals surface area contributed by atoms with Gasteiger partial charge in [0.05, 0.1) is 6.33 Å². The highest BCUT2D eigenvalue weighted by molar-refractivity contribution is 5.96. The number of aromatic nitrogens is 2. The third-order valence-electron chi connectivity index (χ3n) is 3.10. The van der Waals surface area contributed by atoms with Crippen LogP contribution in [0.4, 0.5) is 0 Å². The first kappa shape index (κ1) is 14.8. The van der Waals surface area contributed by atoms with Crippen LogP contribution in [0, 0.1) is 18.8 Å². The molecule has 108 valence electrons. The van der Waals surface area contributed by atoms with Gasteiger partial charge < -0.3 is 15.0 Å². The number of carbonyl (C=O) groups excluding carboxylic acids is 1. The molecule has 5 heteroatoms. The highest BCUT2D eigenvalue weighted by Gasteiger charge is 2.10. The number of aliphatic hydroxyl groups excluding tert-OH is 1. The fourth-order valence-electron chi connectivity index (χ4n) is 1.96. The molecule has 0 atom stereocenters. The number of carbonyl (C=O) groups is 1. The number of imidazole rings is 1. The van der Waals surface area contributed by atoms with Gasteiger partial charge in [0, 0.05) is 36.6 Å². The van der Waals surface area contributed by atoms with Crippen molar-refractivity contribution in [3.05, 3.63) is 53.6 Å². The lowest BCUT2D eigenvalue weighted by Crippen LogP contribution is -2.27. The van der Waals surface area contributed by atoms with Gasteiger partial charge >= 0.3 is 0 Å². The zero-order valence-electron chi connectivity index (χ0n) is 11.8. The summed E-state index contributed by atoms with van der Waals surface area (Å²) < 4.78 is 1.90. The van der Waals surface area contributed by atoms with E-state index < -0.39 is 0 Å². The molecule has 0 unspecified atom stereocenters. The molecule has 1 amide bonds. The Labute approximate surface area is 123 Å². The predicted molar refractivity (Wildman–Crippen MR) is 79.7 cm³/mol. The summed E-state index contributed by atoms with van der Waals surface area (Å²) in [4.78, 5) is 16.1. The van der Waals surface area contributed by atoms with Crippen molar-refractivity contribution in [2.45, 2.75) is 13.5 Å². The molecule has 0 saturated carbocycles. The van der Waals surface area contributed by atoms with Crippen LogP contribution in [0.5, 0.6) is 0 Å². The number of hydrogen-bond acceptors (Lipinski definition) is 3. The van der Waals surface area contributed by atoms with E-state index in [-0.39, 0.29) is 12.5 Å². The molecule has 1 aromatic carbocycles. The molecule has 0 aliphatic carbocycles. The molecule has 0 radical (unpaired) electrons. The summed E-state index contributed by atoms with van der Waals surface area (Å²) in [7, 11) is 0. The van der Waals surface area contributed by atoms with Gasteiger partial charge in [0.15, 0.2) is 0 Å². The van der Waals surface area contributed by atoms with Crippen molar-refractivity contribution in [3.63, 3.8) is 0 Å². The first-order valence-electron chi connectivity index (χ1n) is 6.65. The van der Waals surface area contributed by atoms with Crippen LogP contribution in [-0.4, -0.2) is 33.7 Å². The summed E-state index contributed by atoms with van der Waals surface area (Å²) in [6, 6.07) is 5.39. The Hall–Kier alpha value is -2.58. The zero-order chi connectivity index (χ0) is 15.1. The van der Waals surface area contributed by atoms with Gasteiger partial charge in [-0.25, -0.2) is 4.98 Å². The molecule has 21 heavy (non-hydrogen) atoms. The van der Waals surface area contributed by atoms with Gasteiger partial charge in [-0.05, 0) is 24.6 Å². The SMILES string of the molecule is Cc1c(C#CCO)cccc1C(=O)NCCn1ccnc1. The van der Waals surface area contributed by atoms with E-state index in [2.05, 4.69) is 22.1 Å². The van der Waals surface area contributed by atoms with Crippen molar-refractivity contribution in [2.24, 2.45) is 0 Å². The minimum absolute atomic E-state index is 0.125. The van der Waals surface area contributed by atoms with Crippen molar-refractivity contribution in [1.82, 2.24) is 14.9 Å². The van der Waals surface area contributed by atoms with Gasteiger partial charge in [-0.1, -0.05) is 17.9 Å². The van der Waals surface area contributed by atoms with E-state index in [0.29, 0.717) is 18.7 Å². The van der Waals surface area contributed by atoms with Gasteiger partial charge in [-0.2, -0.15) is 0 Å². The Morgan fingerprint density at radius 1 is 1.48 bits per heavy atom. The van der Waals surface area contributed by atoms with E-state index in [1.54, 1.807) is 24.7 Å². The van der Waals surface area contributed by atoms with Gasteiger partial charge in [0.2, 0.25) is 0 Å². The van der Waals surface area contributed by atoms with Crippen molar-refractivity contribution in [2.75, 3.05) is 13.2 Å². The first-order chi connectivity index (χ1) is 10.2. The van der Waals surface area contributed by atoms with Crippen LogP contribution in [0.15, 0.2) is 36.9 Å². The molecule has 0 aliphatic rings. The number of nitrogens with zero attached hydrogens (tertiary/aromatic N) is 2. The highest BCUT2D eigenvalue weighted by atomic mass is 16.2. The van der Waals surface area contributed by atoms with E-state index in [9.17, 15) is 4.79 Å². The van der Waals surface area contributed by atoms with E-state index in [4.69, 9.17) is 5.11 Å². The molecule has 5 nitrogen and oxygen atoms in total. The van der Waals surface area contributed by atoms with Crippen molar-refractivity contribution < 1.29 is 9.90 Å². The number of hydrogen-bond donors (Lipinski definition) is 2. The maximum absolute atomic E-state index is 12.2. The Balaban J connectivity index is 2.01. The second-order valence-corrected chi connectivity index (χ2v) is 4.49.